The van der Waals surface area contributed by atoms with Crippen molar-refractivity contribution < 1.29 is 9.53 Å². The van der Waals surface area contributed by atoms with Crippen molar-refractivity contribution in [3.63, 3.8) is 0 Å². The molecule has 0 bridgehead atoms. The Morgan fingerprint density at radius 2 is 2.03 bits per heavy atom. The average Bonchev–Trinajstić information content (AvgIpc) is 3.27. The molecule has 1 saturated heterocycles. The van der Waals surface area contributed by atoms with Crippen LogP contribution in [0.5, 0.6) is 0 Å². The van der Waals surface area contributed by atoms with Gasteiger partial charge in [-0.05, 0) is 79.1 Å². The molecule has 0 spiro atoms. The minimum Gasteiger partial charge on any atom is -0.379 e. The van der Waals surface area contributed by atoms with Crippen molar-refractivity contribution in [2.75, 3.05) is 45.1 Å². The summed E-state index contributed by atoms with van der Waals surface area (Å²) < 4.78 is 5.43. The van der Waals surface area contributed by atoms with E-state index in [9.17, 15) is 4.79 Å². The summed E-state index contributed by atoms with van der Waals surface area (Å²) in [5.74, 6) is 0.987. The van der Waals surface area contributed by atoms with Crippen LogP contribution in [0.2, 0.25) is 0 Å². The maximum atomic E-state index is 13.4. The third-order valence-electron chi connectivity index (χ3n) is 6.87. The van der Waals surface area contributed by atoms with E-state index in [0.29, 0.717) is 12.1 Å². The van der Waals surface area contributed by atoms with E-state index in [0.717, 1.165) is 89.2 Å². The SMILES string of the molecule is CCSc1cccc(-c2cc(C(=O)NCCCN3CCOCC3)c(C)c3[nH]c4ncc(C)cc4c23)c1. The van der Waals surface area contributed by atoms with Gasteiger partial charge in [0.25, 0.3) is 5.91 Å². The van der Waals surface area contributed by atoms with Crippen molar-refractivity contribution in [3.05, 3.63) is 59.3 Å². The van der Waals surface area contributed by atoms with Gasteiger partial charge < -0.3 is 15.0 Å². The third-order valence-corrected chi connectivity index (χ3v) is 7.74. The number of aromatic nitrogens is 2. The van der Waals surface area contributed by atoms with Crippen molar-refractivity contribution in [3.8, 4) is 11.1 Å². The summed E-state index contributed by atoms with van der Waals surface area (Å²) in [6, 6.07) is 12.9. The van der Waals surface area contributed by atoms with E-state index in [-0.39, 0.29) is 5.91 Å². The maximum Gasteiger partial charge on any atom is 0.251 e. The molecule has 0 unspecified atom stereocenters. The first kappa shape index (κ1) is 24.8. The zero-order valence-electron chi connectivity index (χ0n) is 21.3. The number of aryl methyl sites for hydroxylation is 2. The van der Waals surface area contributed by atoms with E-state index >= 15 is 0 Å². The van der Waals surface area contributed by atoms with Gasteiger partial charge in [-0.2, -0.15) is 0 Å². The molecule has 2 aromatic carbocycles. The van der Waals surface area contributed by atoms with Crippen molar-refractivity contribution in [2.45, 2.75) is 32.1 Å². The normalized spacial score (nSPS) is 14.5. The third kappa shape index (κ3) is 5.14. The van der Waals surface area contributed by atoms with Crippen LogP contribution in [0.25, 0.3) is 33.1 Å². The molecule has 1 fully saturated rings. The number of pyridine rings is 1. The Morgan fingerprint density at radius 3 is 2.83 bits per heavy atom. The number of fused-ring (bicyclic) bond motifs is 3. The van der Waals surface area contributed by atoms with E-state index in [1.165, 1.54) is 4.90 Å². The van der Waals surface area contributed by atoms with E-state index in [1.807, 2.05) is 24.9 Å². The van der Waals surface area contributed by atoms with Crippen LogP contribution >= 0.6 is 11.8 Å². The Hall–Kier alpha value is -2.87. The minimum absolute atomic E-state index is 0.0282. The highest BCUT2D eigenvalue weighted by atomic mass is 32.2. The fourth-order valence-electron chi connectivity index (χ4n) is 5.00. The standard InChI is InChI=1S/C29H34N4O2S/c1-4-36-22-8-5-7-21(16-22)24-17-23(29(34)30-9-6-10-33-11-13-35-14-12-33)20(3)27-26(24)25-15-19(2)18-31-28(25)32-27/h5,7-8,15-18H,4,6,9-14H2,1-3H3,(H,30,34)(H,31,32). The lowest BCUT2D eigenvalue weighted by atomic mass is 9.93. The molecule has 0 saturated carbocycles. The number of hydrogen-bond acceptors (Lipinski definition) is 5. The Bertz CT molecular complexity index is 1390. The van der Waals surface area contributed by atoms with Crippen molar-refractivity contribution >= 4 is 39.6 Å². The van der Waals surface area contributed by atoms with Gasteiger partial charge in [0.1, 0.15) is 5.65 Å². The number of nitrogens with zero attached hydrogens (tertiary/aromatic N) is 2. The predicted molar refractivity (Wildman–Crippen MR) is 149 cm³/mol. The second-order valence-electron chi connectivity index (χ2n) is 9.40. The summed E-state index contributed by atoms with van der Waals surface area (Å²) in [7, 11) is 0. The molecule has 7 heteroatoms. The number of carbonyl (C=O) groups excluding carboxylic acids is 1. The number of carbonyl (C=O) groups is 1. The van der Waals surface area contributed by atoms with Crippen LogP contribution < -0.4 is 5.32 Å². The first-order valence-corrected chi connectivity index (χ1v) is 13.8. The Labute approximate surface area is 216 Å². The van der Waals surface area contributed by atoms with Crippen molar-refractivity contribution in [2.24, 2.45) is 0 Å². The highest BCUT2D eigenvalue weighted by Gasteiger charge is 2.20. The Balaban J connectivity index is 1.51. The summed E-state index contributed by atoms with van der Waals surface area (Å²) in [6.07, 6.45) is 2.80. The summed E-state index contributed by atoms with van der Waals surface area (Å²) in [5, 5.41) is 5.38. The number of ether oxygens (including phenoxy) is 1. The molecule has 3 heterocycles. The molecule has 5 rings (SSSR count). The van der Waals surface area contributed by atoms with Gasteiger partial charge in [-0.3, -0.25) is 9.69 Å². The van der Waals surface area contributed by atoms with E-state index in [4.69, 9.17) is 4.74 Å². The Kier molecular flexibility index (Phi) is 7.60. The maximum absolute atomic E-state index is 13.4. The number of hydrogen-bond donors (Lipinski definition) is 2. The Morgan fingerprint density at radius 1 is 1.19 bits per heavy atom. The molecule has 2 N–H and O–H groups in total. The molecule has 1 aliphatic heterocycles. The first-order valence-electron chi connectivity index (χ1n) is 12.8. The predicted octanol–water partition coefficient (Wildman–Crippen LogP) is 5.56. The van der Waals surface area contributed by atoms with Gasteiger partial charge in [-0.15, -0.1) is 11.8 Å². The van der Waals surface area contributed by atoms with Crippen LogP contribution in [-0.2, 0) is 4.74 Å². The number of rotatable bonds is 8. The molecular formula is C29H34N4O2S. The highest BCUT2D eigenvalue weighted by molar-refractivity contribution is 7.99. The van der Waals surface area contributed by atoms with Gasteiger partial charge in [-0.25, -0.2) is 4.98 Å². The minimum atomic E-state index is -0.0282. The topological polar surface area (TPSA) is 70.2 Å². The average molecular weight is 503 g/mol. The number of thioether (sulfide) groups is 1. The van der Waals surface area contributed by atoms with E-state index < -0.39 is 0 Å². The van der Waals surface area contributed by atoms with Gasteiger partial charge in [0.05, 0.1) is 18.7 Å². The molecule has 6 nitrogen and oxygen atoms in total. The van der Waals surface area contributed by atoms with Crippen molar-refractivity contribution in [1.82, 2.24) is 20.2 Å². The molecule has 2 aromatic heterocycles. The molecule has 0 aliphatic carbocycles. The molecule has 0 radical (unpaired) electrons. The smallest absolute Gasteiger partial charge is 0.251 e. The van der Waals surface area contributed by atoms with Gasteiger partial charge in [0.2, 0.25) is 0 Å². The highest BCUT2D eigenvalue weighted by Crippen LogP contribution is 2.38. The largest absolute Gasteiger partial charge is 0.379 e. The summed E-state index contributed by atoms with van der Waals surface area (Å²) in [5.41, 5.74) is 6.78. The van der Waals surface area contributed by atoms with Crippen LogP contribution in [0.4, 0.5) is 0 Å². The summed E-state index contributed by atoms with van der Waals surface area (Å²) in [6.45, 7) is 11.4. The van der Waals surface area contributed by atoms with Crippen molar-refractivity contribution in [1.29, 1.82) is 0 Å². The van der Waals surface area contributed by atoms with E-state index in [2.05, 4.69) is 70.4 Å². The van der Waals surface area contributed by atoms with Crippen LogP contribution in [-0.4, -0.2) is 65.9 Å². The van der Waals surface area contributed by atoms with E-state index in [1.54, 1.807) is 0 Å². The summed E-state index contributed by atoms with van der Waals surface area (Å²) >= 11 is 1.83. The molecule has 188 valence electrons. The number of nitrogens with one attached hydrogen (secondary N) is 2. The molecule has 0 atom stereocenters. The zero-order chi connectivity index (χ0) is 25.1. The van der Waals surface area contributed by atoms with Gasteiger partial charge in [0, 0.05) is 47.1 Å². The first-order chi connectivity index (χ1) is 17.5. The molecular weight excluding hydrogens is 468 g/mol. The quantitative estimate of drug-likeness (QED) is 0.244. The zero-order valence-corrected chi connectivity index (χ0v) is 22.1. The molecule has 36 heavy (non-hydrogen) atoms. The number of morpholine rings is 1. The number of aromatic amines is 1. The molecule has 4 aromatic rings. The molecule has 1 amide bonds. The number of H-pyrrole nitrogens is 1. The number of amides is 1. The fourth-order valence-corrected chi connectivity index (χ4v) is 5.72. The van der Waals surface area contributed by atoms with Crippen LogP contribution in [0.3, 0.4) is 0 Å². The second-order valence-corrected chi connectivity index (χ2v) is 10.7. The summed E-state index contributed by atoms with van der Waals surface area (Å²) in [4.78, 5) is 25.2. The molecule has 1 aliphatic rings. The number of benzene rings is 2. The van der Waals surface area contributed by atoms with Crippen LogP contribution in [0, 0.1) is 13.8 Å². The monoisotopic (exact) mass is 502 g/mol. The second kappa shape index (κ2) is 11.0. The lowest BCUT2D eigenvalue weighted by molar-refractivity contribution is 0.0374. The van der Waals surface area contributed by atoms with Gasteiger partial charge >= 0.3 is 0 Å². The van der Waals surface area contributed by atoms with Gasteiger partial charge in [-0.1, -0.05) is 19.1 Å². The lowest BCUT2D eigenvalue weighted by Crippen LogP contribution is -2.38. The van der Waals surface area contributed by atoms with Crippen LogP contribution in [0.1, 0.15) is 34.8 Å². The lowest BCUT2D eigenvalue weighted by Gasteiger charge is -2.26. The van der Waals surface area contributed by atoms with Gasteiger partial charge in [0.15, 0.2) is 0 Å². The fraction of sp³-hybridized carbons (Fsp3) is 0.379. The van der Waals surface area contributed by atoms with Crippen LogP contribution in [0.15, 0.2) is 47.5 Å².